The van der Waals surface area contributed by atoms with Crippen molar-refractivity contribution in [2.75, 3.05) is 34.3 Å². The Morgan fingerprint density at radius 3 is 1.18 bits per heavy atom. The third-order valence-electron chi connectivity index (χ3n) is 8.44. The zero-order valence-corrected chi connectivity index (χ0v) is 23.2. The minimum atomic E-state index is -0.543. The van der Waals surface area contributed by atoms with Crippen molar-refractivity contribution in [1.82, 2.24) is 0 Å². The summed E-state index contributed by atoms with van der Waals surface area (Å²) >= 11 is 0. The lowest BCUT2D eigenvalue weighted by Crippen LogP contribution is -2.47. The molecular formula is C36H35N3. The normalized spacial score (nSPS) is 15.0. The first-order valence-corrected chi connectivity index (χ1v) is 14.6. The van der Waals surface area contributed by atoms with Crippen LogP contribution in [0.25, 0.3) is 0 Å². The van der Waals surface area contributed by atoms with Gasteiger partial charge >= 0.3 is 0 Å². The maximum absolute atomic E-state index is 4.00. The zero-order chi connectivity index (χ0) is 26.6. The Bertz CT molecular complexity index is 1410. The fourth-order valence-electron chi connectivity index (χ4n) is 7.12. The van der Waals surface area contributed by atoms with E-state index in [1.165, 1.54) is 50.8 Å². The number of hydrogen-bond acceptors (Lipinski definition) is 3. The summed E-state index contributed by atoms with van der Waals surface area (Å²) in [4.78, 5) is 7.69. The van der Waals surface area contributed by atoms with E-state index in [1.54, 1.807) is 0 Å². The largest absolute Gasteiger partial charge is 0.341 e. The molecule has 0 saturated carbocycles. The van der Waals surface area contributed by atoms with Crippen LogP contribution in [-0.4, -0.2) is 19.6 Å². The average molecular weight is 510 g/mol. The van der Waals surface area contributed by atoms with Gasteiger partial charge in [0.05, 0.1) is 0 Å². The molecule has 0 saturated heterocycles. The molecule has 3 aliphatic rings. The third-order valence-corrected chi connectivity index (χ3v) is 8.44. The van der Waals surface area contributed by atoms with E-state index in [9.17, 15) is 0 Å². The highest BCUT2D eigenvalue weighted by Crippen LogP contribution is 2.66. The topological polar surface area (TPSA) is 9.72 Å². The van der Waals surface area contributed by atoms with Gasteiger partial charge in [-0.15, -0.1) is 0 Å². The first-order valence-electron chi connectivity index (χ1n) is 14.6. The van der Waals surface area contributed by atoms with Crippen LogP contribution >= 0.6 is 0 Å². The SMILES string of the molecule is CCCN1c2cccc3c2C2(C#Cc4ccccc4)c4c1cccc4N(CCC)c1cccc(c12)N3CCC. The Labute approximate surface area is 232 Å². The minimum absolute atomic E-state index is 0.543. The summed E-state index contributed by atoms with van der Waals surface area (Å²) in [6.07, 6.45) is 3.24. The summed E-state index contributed by atoms with van der Waals surface area (Å²) in [6, 6.07) is 31.2. The van der Waals surface area contributed by atoms with Gasteiger partial charge in [0.25, 0.3) is 0 Å². The lowest BCUT2D eigenvalue weighted by molar-refractivity contribution is 0.703. The van der Waals surface area contributed by atoms with Gasteiger partial charge in [0.15, 0.2) is 0 Å². The maximum Gasteiger partial charge on any atom is 0.119 e. The van der Waals surface area contributed by atoms with Crippen LogP contribution in [0.5, 0.6) is 0 Å². The van der Waals surface area contributed by atoms with E-state index in [4.69, 9.17) is 0 Å². The van der Waals surface area contributed by atoms with Crippen molar-refractivity contribution in [2.24, 2.45) is 0 Å². The number of rotatable bonds is 6. The highest BCUT2D eigenvalue weighted by molar-refractivity contribution is 6.02. The molecule has 0 fully saturated rings. The van der Waals surface area contributed by atoms with Gasteiger partial charge in [-0.1, -0.05) is 69.0 Å². The van der Waals surface area contributed by atoms with Gasteiger partial charge in [-0.25, -0.2) is 0 Å². The van der Waals surface area contributed by atoms with Gasteiger partial charge in [0, 0.05) is 76.0 Å². The van der Waals surface area contributed by atoms with Crippen LogP contribution in [0.15, 0.2) is 84.9 Å². The van der Waals surface area contributed by atoms with E-state index < -0.39 is 5.41 Å². The van der Waals surface area contributed by atoms with Crippen molar-refractivity contribution in [3.8, 4) is 11.8 Å². The molecule has 0 bridgehead atoms. The van der Waals surface area contributed by atoms with Gasteiger partial charge in [0.2, 0.25) is 0 Å². The molecule has 3 heterocycles. The lowest BCUT2D eigenvalue weighted by Gasteiger charge is -2.54. The molecule has 7 rings (SSSR count). The molecule has 194 valence electrons. The molecule has 0 aliphatic carbocycles. The number of anilines is 6. The van der Waals surface area contributed by atoms with Crippen LogP contribution in [0.2, 0.25) is 0 Å². The molecule has 3 heteroatoms. The second-order valence-corrected chi connectivity index (χ2v) is 10.8. The van der Waals surface area contributed by atoms with Crippen LogP contribution in [0.4, 0.5) is 34.1 Å². The summed E-state index contributed by atoms with van der Waals surface area (Å²) in [7, 11) is 0. The molecule has 3 aliphatic heterocycles. The molecule has 4 aromatic rings. The average Bonchev–Trinajstić information content (AvgIpc) is 2.98. The van der Waals surface area contributed by atoms with Crippen molar-refractivity contribution in [3.05, 3.63) is 107 Å². The predicted molar refractivity (Wildman–Crippen MR) is 164 cm³/mol. The Balaban J connectivity index is 1.67. The van der Waals surface area contributed by atoms with E-state index in [2.05, 4.69) is 132 Å². The van der Waals surface area contributed by atoms with Crippen LogP contribution < -0.4 is 14.7 Å². The number of nitrogens with zero attached hydrogens (tertiary/aromatic N) is 3. The van der Waals surface area contributed by atoms with Crippen LogP contribution in [0.3, 0.4) is 0 Å². The van der Waals surface area contributed by atoms with Crippen molar-refractivity contribution in [3.63, 3.8) is 0 Å². The molecular weight excluding hydrogens is 474 g/mol. The van der Waals surface area contributed by atoms with Gasteiger partial charge in [-0.05, 0) is 67.8 Å². The van der Waals surface area contributed by atoms with Crippen LogP contribution in [-0.2, 0) is 5.41 Å². The first kappa shape index (κ1) is 23.9. The molecule has 0 spiro atoms. The molecule has 0 atom stereocenters. The van der Waals surface area contributed by atoms with E-state index >= 15 is 0 Å². The Hall–Kier alpha value is -4.16. The molecule has 3 nitrogen and oxygen atoms in total. The quantitative estimate of drug-likeness (QED) is 0.241. The van der Waals surface area contributed by atoms with E-state index in [0.717, 1.165) is 44.5 Å². The highest BCUT2D eigenvalue weighted by Gasteiger charge is 2.55. The summed E-state index contributed by atoms with van der Waals surface area (Å²) in [5, 5.41) is 0. The Morgan fingerprint density at radius 2 is 0.846 bits per heavy atom. The summed E-state index contributed by atoms with van der Waals surface area (Å²) in [5.74, 6) is 7.68. The Kier molecular flexibility index (Phi) is 5.67. The standard InChI is InChI=1S/C36H35N3/c1-4-23-37-27-15-10-17-29-33(27)36(22-21-26-13-8-7-9-14-26)34-28(37)16-11-18-30(34)39(25-6-3)32-20-12-19-31(35(32)36)38(29)24-5-2/h7-20H,4-6,23-25H2,1-3H3. The van der Waals surface area contributed by atoms with Gasteiger partial charge < -0.3 is 14.7 Å². The second kappa shape index (κ2) is 9.24. The molecule has 39 heavy (non-hydrogen) atoms. The van der Waals surface area contributed by atoms with Crippen LogP contribution in [0, 0.1) is 11.8 Å². The minimum Gasteiger partial charge on any atom is -0.341 e. The monoisotopic (exact) mass is 509 g/mol. The lowest BCUT2D eigenvalue weighted by atomic mass is 9.61. The summed E-state index contributed by atoms with van der Waals surface area (Å²) in [6.45, 7) is 9.77. The maximum atomic E-state index is 4.00. The van der Waals surface area contributed by atoms with E-state index in [-0.39, 0.29) is 0 Å². The van der Waals surface area contributed by atoms with E-state index in [1.807, 2.05) is 0 Å². The smallest absolute Gasteiger partial charge is 0.119 e. The van der Waals surface area contributed by atoms with Gasteiger partial charge in [-0.3, -0.25) is 0 Å². The highest BCUT2D eigenvalue weighted by atomic mass is 15.2. The Morgan fingerprint density at radius 1 is 0.487 bits per heavy atom. The first-order chi connectivity index (χ1) is 19.2. The molecule has 0 radical (unpaired) electrons. The predicted octanol–water partition coefficient (Wildman–Crippen LogP) is 8.66. The van der Waals surface area contributed by atoms with Crippen molar-refractivity contribution >= 4 is 34.1 Å². The van der Waals surface area contributed by atoms with E-state index in [0.29, 0.717) is 0 Å². The molecule has 4 aromatic carbocycles. The fourth-order valence-corrected chi connectivity index (χ4v) is 7.12. The van der Waals surface area contributed by atoms with Gasteiger partial charge in [0.1, 0.15) is 5.41 Å². The molecule has 0 N–H and O–H groups in total. The molecule has 0 aromatic heterocycles. The van der Waals surface area contributed by atoms with Gasteiger partial charge in [-0.2, -0.15) is 0 Å². The summed E-state index contributed by atoms with van der Waals surface area (Å²) in [5.41, 5.74) is 12.4. The van der Waals surface area contributed by atoms with Crippen molar-refractivity contribution in [1.29, 1.82) is 0 Å². The van der Waals surface area contributed by atoms with Crippen LogP contribution in [0.1, 0.15) is 62.3 Å². The number of benzene rings is 4. The molecule has 0 unspecified atom stereocenters. The zero-order valence-electron chi connectivity index (χ0n) is 23.2. The fraction of sp³-hybridized carbons (Fsp3) is 0.278. The molecule has 0 amide bonds. The van der Waals surface area contributed by atoms with Crippen molar-refractivity contribution in [2.45, 2.75) is 45.4 Å². The second-order valence-electron chi connectivity index (χ2n) is 10.8. The summed E-state index contributed by atoms with van der Waals surface area (Å²) < 4.78 is 0. The van der Waals surface area contributed by atoms with Crippen molar-refractivity contribution < 1.29 is 0 Å². The number of hydrogen-bond donors (Lipinski definition) is 0. The third kappa shape index (κ3) is 3.24.